The third-order valence-corrected chi connectivity index (χ3v) is 0.577. The molecule has 0 spiro atoms. The zero-order chi connectivity index (χ0) is 5.54. The summed E-state index contributed by atoms with van der Waals surface area (Å²) in [6.45, 7) is 1.42. The van der Waals surface area contributed by atoms with E-state index >= 15 is 0 Å². The van der Waals surface area contributed by atoms with Crippen molar-refractivity contribution in [3.63, 3.8) is 0 Å². The molecule has 0 saturated heterocycles. The molecule has 3 N–H and O–H groups in total. The van der Waals surface area contributed by atoms with Crippen molar-refractivity contribution in [1.82, 2.24) is 5.32 Å². The van der Waals surface area contributed by atoms with Gasteiger partial charge in [-0.15, -0.1) is 0 Å². The van der Waals surface area contributed by atoms with Gasteiger partial charge in [0, 0.05) is 35.5 Å². The van der Waals surface area contributed by atoms with Gasteiger partial charge in [-0.1, -0.05) is 0 Å². The Balaban J connectivity index is 0. The van der Waals surface area contributed by atoms with Gasteiger partial charge in [-0.05, 0) is 0 Å². The molecule has 0 aromatic carbocycles. The van der Waals surface area contributed by atoms with Crippen molar-refractivity contribution < 1.29 is 32.6 Å². The molecule has 4 heteroatoms. The molecular formula is C4H11AuNO2. The van der Waals surface area contributed by atoms with Gasteiger partial charge < -0.3 is 15.5 Å². The summed E-state index contributed by atoms with van der Waals surface area (Å²) in [7, 11) is 0. The van der Waals surface area contributed by atoms with Gasteiger partial charge in [-0.3, -0.25) is 0 Å². The smallest absolute Gasteiger partial charge is 0.0555 e. The molecule has 0 aliphatic heterocycles. The number of nitrogens with one attached hydrogen (secondary N) is 1. The minimum absolute atomic E-state index is 0. The molecule has 0 aliphatic carbocycles. The zero-order valence-corrected chi connectivity index (χ0v) is 6.69. The monoisotopic (exact) mass is 302 g/mol. The van der Waals surface area contributed by atoms with E-state index in [1.165, 1.54) is 0 Å². The molecule has 0 rings (SSSR count). The van der Waals surface area contributed by atoms with Crippen LogP contribution in [0.2, 0.25) is 0 Å². The van der Waals surface area contributed by atoms with Crippen molar-refractivity contribution in [2.75, 3.05) is 26.3 Å². The number of hydrogen-bond donors (Lipinski definition) is 3. The number of aliphatic hydroxyl groups is 2. The maximum Gasteiger partial charge on any atom is 0.0555 e. The third-order valence-electron chi connectivity index (χ3n) is 0.577. The van der Waals surface area contributed by atoms with Crippen LogP contribution >= 0.6 is 0 Å². The standard InChI is InChI=1S/C4H11NO2.Au/c6-3-1-5-2-4-7;/h5-7H,1-4H2;. The maximum absolute atomic E-state index is 8.15. The van der Waals surface area contributed by atoms with Crippen molar-refractivity contribution in [3.05, 3.63) is 0 Å². The number of hydrogen-bond acceptors (Lipinski definition) is 3. The van der Waals surface area contributed by atoms with Crippen LogP contribution in [0, 0.1) is 0 Å². The van der Waals surface area contributed by atoms with Crippen LogP contribution in [0.3, 0.4) is 0 Å². The van der Waals surface area contributed by atoms with E-state index in [0.29, 0.717) is 13.1 Å². The number of rotatable bonds is 4. The van der Waals surface area contributed by atoms with Crippen LogP contribution in [0.15, 0.2) is 0 Å². The molecule has 0 atom stereocenters. The molecule has 55 valence electrons. The van der Waals surface area contributed by atoms with Crippen molar-refractivity contribution in [2.24, 2.45) is 0 Å². The average molecular weight is 302 g/mol. The Morgan fingerprint density at radius 1 is 1.00 bits per heavy atom. The molecule has 0 saturated carbocycles. The molecule has 0 aromatic heterocycles. The fourth-order valence-corrected chi connectivity index (χ4v) is 0.283. The summed E-state index contributed by atoms with van der Waals surface area (Å²) >= 11 is 0. The second-order valence-corrected chi connectivity index (χ2v) is 1.20. The molecule has 0 aliphatic rings. The van der Waals surface area contributed by atoms with Crippen molar-refractivity contribution in [3.8, 4) is 0 Å². The summed E-state index contributed by atoms with van der Waals surface area (Å²) in [5.41, 5.74) is 0. The van der Waals surface area contributed by atoms with E-state index in [-0.39, 0.29) is 35.6 Å². The van der Waals surface area contributed by atoms with Crippen LogP contribution in [0.5, 0.6) is 0 Å². The first-order valence-corrected chi connectivity index (χ1v) is 2.34. The molecule has 3 nitrogen and oxygen atoms in total. The maximum atomic E-state index is 8.15. The molecule has 1 radical (unpaired) electrons. The fraction of sp³-hybridized carbons (Fsp3) is 1.00. The van der Waals surface area contributed by atoms with Gasteiger partial charge >= 0.3 is 0 Å². The normalized spacial score (nSPS) is 8.25. The van der Waals surface area contributed by atoms with Crippen LogP contribution in [0.1, 0.15) is 0 Å². The minimum atomic E-state index is 0. The minimum Gasteiger partial charge on any atom is -0.395 e. The van der Waals surface area contributed by atoms with Crippen molar-refractivity contribution in [1.29, 1.82) is 0 Å². The molecule has 0 unspecified atom stereocenters. The second-order valence-electron chi connectivity index (χ2n) is 1.20. The van der Waals surface area contributed by atoms with Gasteiger partial charge in [0.05, 0.1) is 13.2 Å². The van der Waals surface area contributed by atoms with Crippen molar-refractivity contribution >= 4 is 0 Å². The van der Waals surface area contributed by atoms with E-state index in [1.54, 1.807) is 0 Å². The molecule has 0 amide bonds. The first-order valence-electron chi connectivity index (χ1n) is 2.34. The van der Waals surface area contributed by atoms with Crippen LogP contribution in [-0.2, 0) is 22.4 Å². The van der Waals surface area contributed by atoms with Gasteiger partial charge in [0.1, 0.15) is 0 Å². The molecule has 0 bridgehead atoms. The molecule has 0 fully saturated rings. The predicted octanol–water partition coefficient (Wildman–Crippen LogP) is -1.44. The summed E-state index contributed by atoms with van der Waals surface area (Å²) < 4.78 is 0. The SMILES string of the molecule is OCCNCCO.[Au]. The van der Waals surface area contributed by atoms with Crippen LogP contribution in [0.25, 0.3) is 0 Å². The van der Waals surface area contributed by atoms with Crippen LogP contribution in [-0.4, -0.2) is 36.5 Å². The third kappa shape index (κ3) is 9.80. The van der Waals surface area contributed by atoms with E-state index in [2.05, 4.69) is 5.32 Å². The second kappa shape index (κ2) is 10.6. The van der Waals surface area contributed by atoms with E-state index in [1.807, 2.05) is 0 Å². The summed E-state index contributed by atoms with van der Waals surface area (Å²) in [5, 5.41) is 19.1. The van der Waals surface area contributed by atoms with Gasteiger partial charge in [0.15, 0.2) is 0 Å². The Morgan fingerprint density at radius 2 is 1.38 bits per heavy atom. The van der Waals surface area contributed by atoms with Crippen LogP contribution in [0.4, 0.5) is 0 Å². The Hall–Kier alpha value is 0.620. The van der Waals surface area contributed by atoms with E-state index < -0.39 is 0 Å². The molecule has 8 heavy (non-hydrogen) atoms. The van der Waals surface area contributed by atoms with E-state index in [0.717, 1.165) is 0 Å². The van der Waals surface area contributed by atoms with Gasteiger partial charge in [-0.25, -0.2) is 0 Å². The summed E-state index contributed by atoms with van der Waals surface area (Å²) in [6, 6.07) is 0. The van der Waals surface area contributed by atoms with Crippen LogP contribution < -0.4 is 5.32 Å². The van der Waals surface area contributed by atoms with E-state index in [9.17, 15) is 0 Å². The van der Waals surface area contributed by atoms with Gasteiger partial charge in [0.25, 0.3) is 0 Å². The zero-order valence-electron chi connectivity index (χ0n) is 4.52. The Bertz CT molecular complexity index is 33.2. The molecule has 0 heterocycles. The molecular weight excluding hydrogens is 291 g/mol. The Kier molecular flexibility index (Phi) is 15.1. The Morgan fingerprint density at radius 3 is 1.62 bits per heavy atom. The quantitative estimate of drug-likeness (QED) is 0.440. The largest absolute Gasteiger partial charge is 0.395 e. The summed E-state index contributed by atoms with van der Waals surface area (Å²) in [6.07, 6.45) is 0. The average Bonchev–Trinajstić information content (AvgIpc) is 1.69. The summed E-state index contributed by atoms with van der Waals surface area (Å²) in [5.74, 6) is 0. The summed E-state index contributed by atoms with van der Waals surface area (Å²) in [4.78, 5) is 0. The van der Waals surface area contributed by atoms with Crippen molar-refractivity contribution in [2.45, 2.75) is 0 Å². The first kappa shape index (κ1) is 11.4. The predicted molar refractivity (Wildman–Crippen MR) is 27.0 cm³/mol. The molecule has 0 aromatic rings. The topological polar surface area (TPSA) is 52.5 Å². The van der Waals surface area contributed by atoms with E-state index in [4.69, 9.17) is 10.2 Å². The number of aliphatic hydroxyl groups excluding tert-OH is 2. The van der Waals surface area contributed by atoms with Gasteiger partial charge in [-0.2, -0.15) is 0 Å². The fourth-order valence-electron chi connectivity index (χ4n) is 0.283. The first-order chi connectivity index (χ1) is 3.41. The Labute approximate surface area is 64.6 Å². The van der Waals surface area contributed by atoms with Gasteiger partial charge in [0.2, 0.25) is 0 Å².